The van der Waals surface area contributed by atoms with Gasteiger partial charge in [-0.1, -0.05) is 38.1 Å². The van der Waals surface area contributed by atoms with Gasteiger partial charge in [0.15, 0.2) is 0 Å². The lowest BCUT2D eigenvalue weighted by atomic mass is 10.0. The monoisotopic (exact) mass is 428 g/mol. The van der Waals surface area contributed by atoms with E-state index in [4.69, 9.17) is 4.74 Å². The van der Waals surface area contributed by atoms with Gasteiger partial charge in [0.25, 0.3) is 5.91 Å². The molecule has 0 aliphatic carbocycles. The molecule has 1 N–H and O–H groups in total. The van der Waals surface area contributed by atoms with Crippen LogP contribution >= 0.6 is 11.3 Å². The molecule has 1 aromatic heterocycles. The molecule has 2 aromatic rings. The Labute approximate surface area is 181 Å². The van der Waals surface area contributed by atoms with Crippen molar-refractivity contribution < 1.29 is 19.1 Å². The van der Waals surface area contributed by atoms with E-state index < -0.39 is 11.9 Å². The molecule has 0 aliphatic heterocycles. The molecule has 2 rings (SSSR count). The topological polar surface area (TPSA) is 75.7 Å². The van der Waals surface area contributed by atoms with E-state index in [-0.39, 0.29) is 18.1 Å². The van der Waals surface area contributed by atoms with Gasteiger partial charge in [0.2, 0.25) is 5.91 Å². The Bertz CT molecular complexity index is 956. The van der Waals surface area contributed by atoms with Gasteiger partial charge in [-0.15, -0.1) is 11.3 Å². The first-order valence-corrected chi connectivity index (χ1v) is 10.6. The third kappa shape index (κ3) is 5.57. The molecule has 0 fully saturated rings. The third-order valence-electron chi connectivity index (χ3n) is 4.49. The van der Waals surface area contributed by atoms with Crippen molar-refractivity contribution in [2.75, 3.05) is 26.0 Å². The van der Waals surface area contributed by atoms with Crippen LogP contribution in [-0.2, 0) is 9.53 Å². The van der Waals surface area contributed by atoms with E-state index in [1.807, 2.05) is 24.3 Å². The zero-order valence-electron chi connectivity index (χ0n) is 18.2. The lowest BCUT2D eigenvalue weighted by Crippen LogP contribution is -2.21. The highest BCUT2D eigenvalue weighted by molar-refractivity contribution is 7.18. The lowest BCUT2D eigenvalue weighted by molar-refractivity contribution is -0.111. The number of carbonyl (C=O) groups excluding carboxylic acids is 3. The Kier molecular flexibility index (Phi) is 7.94. The predicted molar refractivity (Wildman–Crippen MR) is 121 cm³/mol. The Balaban J connectivity index is 2.26. The fourth-order valence-corrected chi connectivity index (χ4v) is 3.99. The van der Waals surface area contributed by atoms with E-state index in [0.29, 0.717) is 21.4 Å². The number of rotatable bonds is 7. The van der Waals surface area contributed by atoms with Crippen LogP contribution in [-0.4, -0.2) is 43.4 Å². The molecule has 30 heavy (non-hydrogen) atoms. The van der Waals surface area contributed by atoms with Crippen LogP contribution in [0.15, 0.2) is 30.3 Å². The highest BCUT2D eigenvalue weighted by atomic mass is 32.1. The zero-order valence-corrected chi connectivity index (χ0v) is 19.1. The number of hydrogen-bond acceptors (Lipinski definition) is 5. The second-order valence-electron chi connectivity index (χ2n) is 7.32. The summed E-state index contributed by atoms with van der Waals surface area (Å²) < 4.78 is 5.12. The van der Waals surface area contributed by atoms with Gasteiger partial charge < -0.3 is 15.0 Å². The summed E-state index contributed by atoms with van der Waals surface area (Å²) in [7, 11) is 3.27. The van der Waals surface area contributed by atoms with Crippen molar-refractivity contribution in [2.45, 2.75) is 33.6 Å². The predicted octanol–water partition coefficient (Wildman–Crippen LogP) is 4.71. The first kappa shape index (κ1) is 23.3. The third-order valence-corrected chi connectivity index (χ3v) is 5.69. The molecule has 0 atom stereocenters. The summed E-state index contributed by atoms with van der Waals surface area (Å²) in [6.07, 6.45) is 3.11. The van der Waals surface area contributed by atoms with Gasteiger partial charge in [-0.25, -0.2) is 4.79 Å². The molecule has 0 aliphatic rings. The Morgan fingerprint density at radius 2 is 1.80 bits per heavy atom. The SMILES string of the molecule is CCOC(=O)c1c(NC(=O)/C=C\c2ccc(C(C)C)cc2)sc(C(=O)N(C)C)c1C. The van der Waals surface area contributed by atoms with Gasteiger partial charge in [0.1, 0.15) is 5.00 Å². The van der Waals surface area contributed by atoms with Crippen molar-refractivity contribution in [1.29, 1.82) is 0 Å². The van der Waals surface area contributed by atoms with Crippen molar-refractivity contribution in [3.8, 4) is 0 Å². The van der Waals surface area contributed by atoms with Crippen molar-refractivity contribution >= 4 is 40.2 Å². The number of hydrogen-bond donors (Lipinski definition) is 1. The molecule has 1 heterocycles. The summed E-state index contributed by atoms with van der Waals surface area (Å²) in [6.45, 7) is 7.83. The number of benzene rings is 1. The second kappa shape index (κ2) is 10.2. The lowest BCUT2D eigenvalue weighted by Gasteiger charge is -2.09. The van der Waals surface area contributed by atoms with Crippen LogP contribution < -0.4 is 5.32 Å². The molecule has 1 aromatic carbocycles. The minimum Gasteiger partial charge on any atom is -0.462 e. The first-order chi connectivity index (χ1) is 14.1. The molecule has 2 amide bonds. The summed E-state index contributed by atoms with van der Waals surface area (Å²) in [4.78, 5) is 39.2. The highest BCUT2D eigenvalue weighted by Gasteiger charge is 2.27. The number of thiophene rings is 1. The maximum atomic E-state index is 12.5. The van der Waals surface area contributed by atoms with Crippen LogP contribution in [0, 0.1) is 6.92 Å². The van der Waals surface area contributed by atoms with Crippen LogP contribution in [0.4, 0.5) is 5.00 Å². The van der Waals surface area contributed by atoms with Crippen molar-refractivity contribution in [2.24, 2.45) is 0 Å². The average molecular weight is 429 g/mol. The molecule has 0 radical (unpaired) electrons. The number of nitrogens with one attached hydrogen (secondary N) is 1. The van der Waals surface area contributed by atoms with Gasteiger partial charge in [-0.3, -0.25) is 9.59 Å². The molecule has 7 heteroatoms. The Morgan fingerprint density at radius 3 is 2.33 bits per heavy atom. The first-order valence-electron chi connectivity index (χ1n) is 9.76. The highest BCUT2D eigenvalue weighted by Crippen LogP contribution is 2.34. The number of anilines is 1. The molecule has 0 bridgehead atoms. The summed E-state index contributed by atoms with van der Waals surface area (Å²) in [5.41, 5.74) is 2.84. The van der Waals surface area contributed by atoms with Gasteiger partial charge in [-0.05, 0) is 42.5 Å². The zero-order chi connectivity index (χ0) is 22.4. The molecule has 0 saturated heterocycles. The van der Waals surface area contributed by atoms with Crippen LogP contribution in [0.3, 0.4) is 0 Å². The quantitative estimate of drug-likeness (QED) is 0.512. The van der Waals surface area contributed by atoms with Gasteiger partial charge in [-0.2, -0.15) is 0 Å². The van der Waals surface area contributed by atoms with Gasteiger partial charge in [0.05, 0.1) is 17.0 Å². The van der Waals surface area contributed by atoms with Crippen molar-refractivity contribution in [3.63, 3.8) is 0 Å². The normalized spacial score (nSPS) is 11.0. The van der Waals surface area contributed by atoms with Crippen molar-refractivity contribution in [1.82, 2.24) is 4.90 Å². The summed E-state index contributed by atoms with van der Waals surface area (Å²) >= 11 is 1.07. The number of nitrogens with zero attached hydrogens (tertiary/aromatic N) is 1. The van der Waals surface area contributed by atoms with Crippen molar-refractivity contribution in [3.05, 3.63) is 57.5 Å². The molecule has 6 nitrogen and oxygen atoms in total. The fourth-order valence-electron chi connectivity index (χ4n) is 2.78. The van der Waals surface area contributed by atoms with E-state index in [2.05, 4.69) is 19.2 Å². The number of amides is 2. The molecular weight excluding hydrogens is 400 g/mol. The summed E-state index contributed by atoms with van der Waals surface area (Å²) in [5, 5.41) is 3.03. The smallest absolute Gasteiger partial charge is 0.341 e. The van der Waals surface area contributed by atoms with E-state index in [0.717, 1.165) is 16.9 Å². The average Bonchev–Trinajstić information content (AvgIpc) is 3.01. The maximum absolute atomic E-state index is 12.5. The number of ether oxygens (including phenoxy) is 1. The minimum atomic E-state index is -0.562. The number of carbonyl (C=O) groups is 3. The van der Waals surface area contributed by atoms with Crippen LogP contribution in [0.25, 0.3) is 6.08 Å². The standard InChI is InChI=1S/C23H28N2O4S/c1-7-29-23(28)19-15(4)20(22(27)25(5)6)30-21(19)24-18(26)13-10-16-8-11-17(12-9-16)14(2)3/h8-14H,7H2,1-6H3,(H,24,26)/b13-10-. The summed E-state index contributed by atoms with van der Waals surface area (Å²) in [6, 6.07) is 7.96. The van der Waals surface area contributed by atoms with Gasteiger partial charge in [0, 0.05) is 20.2 Å². The molecule has 0 spiro atoms. The molecule has 0 unspecified atom stereocenters. The molecule has 0 saturated carbocycles. The molecular formula is C23H28N2O4S. The van der Waals surface area contributed by atoms with Gasteiger partial charge >= 0.3 is 5.97 Å². The van der Waals surface area contributed by atoms with E-state index >= 15 is 0 Å². The van der Waals surface area contributed by atoms with Crippen LogP contribution in [0.5, 0.6) is 0 Å². The minimum absolute atomic E-state index is 0.199. The van der Waals surface area contributed by atoms with E-state index in [9.17, 15) is 14.4 Å². The number of esters is 1. The van der Waals surface area contributed by atoms with E-state index in [1.54, 1.807) is 34.0 Å². The summed E-state index contributed by atoms with van der Waals surface area (Å²) in [5.74, 6) is -0.746. The Hall–Kier alpha value is -2.93. The largest absolute Gasteiger partial charge is 0.462 e. The Morgan fingerprint density at radius 1 is 1.17 bits per heavy atom. The van der Waals surface area contributed by atoms with Crippen LogP contribution in [0.2, 0.25) is 0 Å². The fraction of sp³-hybridized carbons (Fsp3) is 0.348. The molecule has 160 valence electrons. The maximum Gasteiger partial charge on any atom is 0.341 e. The van der Waals surface area contributed by atoms with E-state index in [1.165, 1.54) is 16.5 Å². The second-order valence-corrected chi connectivity index (χ2v) is 8.34. The van der Waals surface area contributed by atoms with Crippen LogP contribution in [0.1, 0.15) is 63.4 Å².